The fourth-order valence-electron chi connectivity index (χ4n) is 3.21. The second-order valence-corrected chi connectivity index (χ2v) is 8.85. The number of amides is 1. The van der Waals surface area contributed by atoms with Crippen LogP contribution in [0.25, 0.3) is 0 Å². The Labute approximate surface area is 131 Å². The van der Waals surface area contributed by atoms with Crippen molar-refractivity contribution in [2.24, 2.45) is 5.92 Å². The molecular weight excluding hydrogens is 302 g/mol. The van der Waals surface area contributed by atoms with E-state index in [1.807, 2.05) is 25.6 Å². The molecule has 0 bridgehead atoms. The Kier molecular flexibility index (Phi) is 3.79. The molecule has 2 fully saturated rings. The van der Waals surface area contributed by atoms with Gasteiger partial charge in [-0.1, -0.05) is 0 Å². The third-order valence-electron chi connectivity index (χ3n) is 4.73. The van der Waals surface area contributed by atoms with Crippen LogP contribution in [0.2, 0.25) is 0 Å². The molecule has 1 aliphatic heterocycles. The van der Waals surface area contributed by atoms with E-state index in [0.29, 0.717) is 13.0 Å². The van der Waals surface area contributed by atoms with Gasteiger partial charge in [0.25, 0.3) is 0 Å². The van der Waals surface area contributed by atoms with E-state index in [1.54, 1.807) is 4.90 Å². The number of hydrogen-bond donors (Lipinski definition) is 0. The summed E-state index contributed by atoms with van der Waals surface area (Å²) in [6.45, 7) is 4.44. The van der Waals surface area contributed by atoms with Crippen LogP contribution in [-0.4, -0.2) is 47.6 Å². The first-order valence-electron chi connectivity index (χ1n) is 7.78. The van der Waals surface area contributed by atoms with E-state index >= 15 is 0 Å². The first-order chi connectivity index (χ1) is 10.3. The molecule has 122 valence electrons. The highest BCUT2D eigenvalue weighted by atomic mass is 32.2. The monoisotopic (exact) mass is 325 g/mol. The summed E-state index contributed by atoms with van der Waals surface area (Å²) in [6.07, 6.45) is 2.63. The fourth-order valence-corrected chi connectivity index (χ4v) is 4.90. The topological polar surface area (TPSA) is 72.3 Å². The van der Waals surface area contributed by atoms with Crippen LogP contribution in [0.15, 0.2) is 0 Å². The summed E-state index contributed by atoms with van der Waals surface area (Å²) in [4.78, 5) is 13.9. The van der Waals surface area contributed by atoms with Crippen molar-refractivity contribution < 1.29 is 13.2 Å². The molecule has 1 amide bonds. The smallest absolute Gasteiger partial charge is 0.225 e. The predicted molar refractivity (Wildman–Crippen MR) is 83.2 cm³/mol. The number of aromatic nitrogens is 2. The highest BCUT2D eigenvalue weighted by molar-refractivity contribution is 7.91. The van der Waals surface area contributed by atoms with Crippen LogP contribution in [0, 0.1) is 19.8 Å². The van der Waals surface area contributed by atoms with Crippen LogP contribution in [0.1, 0.15) is 42.3 Å². The molecule has 1 aromatic heterocycles. The molecule has 1 saturated carbocycles. The number of hydrogen-bond acceptors (Lipinski definition) is 4. The molecule has 7 heteroatoms. The quantitative estimate of drug-likeness (QED) is 0.834. The zero-order valence-electron chi connectivity index (χ0n) is 13.4. The SMILES string of the molecule is Cc1nn([C@@H]2CCS(=O)(=O)C2)c(C)c1CN(C)C(=O)C1CC1. The van der Waals surface area contributed by atoms with E-state index in [-0.39, 0.29) is 29.4 Å². The van der Waals surface area contributed by atoms with Gasteiger partial charge in [0.15, 0.2) is 9.84 Å². The molecule has 1 atom stereocenters. The van der Waals surface area contributed by atoms with Crippen LogP contribution in [0.3, 0.4) is 0 Å². The van der Waals surface area contributed by atoms with Gasteiger partial charge < -0.3 is 4.90 Å². The summed E-state index contributed by atoms with van der Waals surface area (Å²) in [6, 6.07) is -0.0677. The molecule has 3 rings (SSSR count). The van der Waals surface area contributed by atoms with E-state index in [9.17, 15) is 13.2 Å². The average molecular weight is 325 g/mol. The van der Waals surface area contributed by atoms with Crippen molar-refractivity contribution in [1.82, 2.24) is 14.7 Å². The molecule has 1 aliphatic carbocycles. The third kappa shape index (κ3) is 2.91. The fraction of sp³-hybridized carbons (Fsp3) is 0.733. The maximum atomic E-state index is 12.1. The Morgan fingerprint density at radius 3 is 2.55 bits per heavy atom. The van der Waals surface area contributed by atoms with Gasteiger partial charge in [-0.3, -0.25) is 9.48 Å². The van der Waals surface area contributed by atoms with E-state index < -0.39 is 9.84 Å². The van der Waals surface area contributed by atoms with Gasteiger partial charge in [-0.25, -0.2) is 8.42 Å². The Bertz CT molecular complexity index is 704. The number of carbonyl (C=O) groups excluding carboxylic acids is 1. The lowest BCUT2D eigenvalue weighted by Crippen LogP contribution is -2.28. The van der Waals surface area contributed by atoms with Gasteiger partial charge in [-0.05, 0) is 33.1 Å². The normalized spacial score (nSPS) is 23.7. The van der Waals surface area contributed by atoms with Gasteiger partial charge in [-0.2, -0.15) is 5.10 Å². The van der Waals surface area contributed by atoms with Crippen molar-refractivity contribution in [2.45, 2.75) is 45.7 Å². The zero-order valence-corrected chi connectivity index (χ0v) is 14.2. The lowest BCUT2D eigenvalue weighted by atomic mass is 10.1. The average Bonchev–Trinajstić information content (AvgIpc) is 3.18. The molecule has 2 heterocycles. The van der Waals surface area contributed by atoms with Crippen molar-refractivity contribution in [3.05, 3.63) is 17.0 Å². The van der Waals surface area contributed by atoms with Crippen molar-refractivity contribution in [3.8, 4) is 0 Å². The van der Waals surface area contributed by atoms with Gasteiger partial charge in [0.05, 0.1) is 23.2 Å². The standard InChI is InChI=1S/C15H23N3O3S/c1-10-14(8-17(3)15(19)12-4-5-12)11(2)18(16-10)13-6-7-22(20,21)9-13/h12-13H,4-9H2,1-3H3/t13-/m1/s1. The minimum Gasteiger partial charge on any atom is -0.341 e. The van der Waals surface area contributed by atoms with Crippen LogP contribution in [0.4, 0.5) is 0 Å². The summed E-state index contributed by atoms with van der Waals surface area (Å²) in [5.41, 5.74) is 2.91. The largest absolute Gasteiger partial charge is 0.341 e. The predicted octanol–water partition coefficient (Wildman–Crippen LogP) is 1.23. The highest BCUT2D eigenvalue weighted by Gasteiger charge is 2.34. The van der Waals surface area contributed by atoms with Gasteiger partial charge >= 0.3 is 0 Å². The van der Waals surface area contributed by atoms with E-state index in [1.165, 1.54) is 0 Å². The molecule has 2 aliphatic rings. The maximum absolute atomic E-state index is 12.1. The molecule has 0 radical (unpaired) electrons. The van der Waals surface area contributed by atoms with Crippen LogP contribution < -0.4 is 0 Å². The second-order valence-electron chi connectivity index (χ2n) is 6.62. The Morgan fingerprint density at radius 2 is 2.00 bits per heavy atom. The summed E-state index contributed by atoms with van der Waals surface area (Å²) in [5.74, 6) is 0.826. The first-order valence-corrected chi connectivity index (χ1v) is 9.60. The number of sulfone groups is 1. The van der Waals surface area contributed by atoms with Crippen molar-refractivity contribution in [2.75, 3.05) is 18.6 Å². The summed E-state index contributed by atoms with van der Waals surface area (Å²) in [7, 11) is -1.10. The van der Waals surface area contributed by atoms with Crippen molar-refractivity contribution in [1.29, 1.82) is 0 Å². The highest BCUT2D eigenvalue weighted by Crippen LogP contribution is 2.32. The minimum atomic E-state index is -2.93. The van der Waals surface area contributed by atoms with Crippen LogP contribution >= 0.6 is 0 Å². The van der Waals surface area contributed by atoms with Crippen LogP contribution in [0.5, 0.6) is 0 Å². The van der Waals surface area contributed by atoms with Gasteiger partial charge in [0.2, 0.25) is 5.91 Å². The molecule has 1 aromatic rings. The van der Waals surface area contributed by atoms with Crippen LogP contribution in [-0.2, 0) is 21.2 Å². The molecule has 22 heavy (non-hydrogen) atoms. The van der Waals surface area contributed by atoms with Crippen molar-refractivity contribution in [3.63, 3.8) is 0 Å². The number of rotatable bonds is 4. The molecule has 0 N–H and O–H groups in total. The maximum Gasteiger partial charge on any atom is 0.225 e. The summed E-state index contributed by atoms with van der Waals surface area (Å²) < 4.78 is 25.2. The van der Waals surface area contributed by atoms with Crippen molar-refractivity contribution >= 4 is 15.7 Å². The lowest BCUT2D eigenvalue weighted by Gasteiger charge is -2.18. The van der Waals surface area contributed by atoms with E-state index in [2.05, 4.69) is 5.10 Å². The molecule has 0 unspecified atom stereocenters. The zero-order chi connectivity index (χ0) is 16.1. The van der Waals surface area contributed by atoms with Gasteiger partial charge in [-0.15, -0.1) is 0 Å². The number of nitrogens with zero attached hydrogens (tertiary/aromatic N) is 3. The summed E-state index contributed by atoms with van der Waals surface area (Å²) in [5, 5.41) is 4.54. The second kappa shape index (κ2) is 5.37. The summed E-state index contributed by atoms with van der Waals surface area (Å²) >= 11 is 0. The van der Waals surface area contributed by atoms with Gasteiger partial charge in [0.1, 0.15) is 0 Å². The minimum absolute atomic E-state index is 0.0677. The van der Waals surface area contributed by atoms with E-state index in [4.69, 9.17) is 0 Å². The molecule has 0 spiro atoms. The molecular formula is C15H23N3O3S. The molecule has 1 saturated heterocycles. The van der Waals surface area contributed by atoms with Gasteiger partial charge in [0, 0.05) is 30.8 Å². The first kappa shape index (κ1) is 15.5. The molecule has 0 aromatic carbocycles. The Morgan fingerprint density at radius 1 is 1.32 bits per heavy atom. The Balaban J connectivity index is 1.79. The van der Waals surface area contributed by atoms with E-state index in [0.717, 1.165) is 29.8 Å². The number of aryl methyl sites for hydroxylation is 1. The number of carbonyl (C=O) groups is 1. The third-order valence-corrected chi connectivity index (χ3v) is 6.48. The Hall–Kier alpha value is -1.37. The molecule has 6 nitrogen and oxygen atoms in total. The lowest BCUT2D eigenvalue weighted by molar-refractivity contribution is -0.131.